The quantitative estimate of drug-likeness (QED) is 0.872. The summed E-state index contributed by atoms with van der Waals surface area (Å²) in [6.45, 7) is 2.66. The van der Waals surface area contributed by atoms with Gasteiger partial charge < -0.3 is 9.73 Å². The number of piperidine rings is 1. The van der Waals surface area contributed by atoms with Crippen molar-refractivity contribution in [1.29, 1.82) is 0 Å². The third-order valence-electron chi connectivity index (χ3n) is 3.72. The zero-order valence-corrected chi connectivity index (χ0v) is 13.1. The number of oxazole rings is 1. The lowest BCUT2D eigenvalue weighted by Crippen LogP contribution is -2.44. The van der Waals surface area contributed by atoms with Crippen molar-refractivity contribution in [2.75, 3.05) is 19.3 Å². The molecule has 1 N–H and O–H groups in total. The van der Waals surface area contributed by atoms with E-state index in [1.54, 1.807) is 11.2 Å². The van der Waals surface area contributed by atoms with Crippen LogP contribution in [-0.4, -0.2) is 49.0 Å². The molecule has 21 heavy (non-hydrogen) atoms. The molecule has 0 saturated carbocycles. The minimum atomic E-state index is -3.18. The second kappa shape index (κ2) is 6.57. The molecule has 0 aliphatic carbocycles. The molecule has 0 radical (unpaired) electrons. The molecule has 1 fully saturated rings. The van der Waals surface area contributed by atoms with Crippen molar-refractivity contribution in [1.82, 2.24) is 14.6 Å². The maximum Gasteiger partial charge on any atom is 0.273 e. The van der Waals surface area contributed by atoms with Gasteiger partial charge in [-0.05, 0) is 26.2 Å². The monoisotopic (exact) mass is 315 g/mol. The molecule has 0 spiro atoms. The number of rotatable bonds is 5. The number of hydrogen-bond acceptors (Lipinski definition) is 5. The van der Waals surface area contributed by atoms with Crippen molar-refractivity contribution in [3.63, 3.8) is 0 Å². The molecule has 2 heterocycles. The summed E-state index contributed by atoms with van der Waals surface area (Å²) in [7, 11) is -3.18. The Bertz CT molecular complexity index is 596. The third kappa shape index (κ3) is 4.04. The predicted molar refractivity (Wildman–Crippen MR) is 77.4 cm³/mol. The topological polar surface area (TPSA) is 92.5 Å². The van der Waals surface area contributed by atoms with Crippen LogP contribution >= 0.6 is 0 Å². The fraction of sp³-hybridized carbons (Fsp3) is 0.692. The molecule has 0 unspecified atom stereocenters. The van der Waals surface area contributed by atoms with Gasteiger partial charge in [0, 0.05) is 19.1 Å². The lowest BCUT2D eigenvalue weighted by molar-refractivity contribution is 0.0943. The second-order valence-electron chi connectivity index (χ2n) is 5.33. The van der Waals surface area contributed by atoms with E-state index in [0.29, 0.717) is 25.3 Å². The molecular weight excluding hydrogens is 294 g/mol. The molecule has 0 bridgehead atoms. The highest BCUT2D eigenvalue weighted by Gasteiger charge is 2.29. The number of amides is 1. The molecule has 0 aromatic carbocycles. The first-order chi connectivity index (χ1) is 9.89. The van der Waals surface area contributed by atoms with Gasteiger partial charge in [-0.15, -0.1) is 0 Å². The lowest BCUT2D eigenvalue weighted by atomic mass is 10.0. The highest BCUT2D eigenvalue weighted by Crippen LogP contribution is 2.21. The predicted octanol–water partition coefficient (Wildman–Crippen LogP) is 0.917. The SMILES string of the molecule is Cc1ocnc1C(=O)NCC[C@H]1CCCCN1S(C)(=O)=O. The van der Waals surface area contributed by atoms with Gasteiger partial charge in [0.05, 0.1) is 6.26 Å². The van der Waals surface area contributed by atoms with Crippen LogP contribution in [0.5, 0.6) is 0 Å². The zero-order chi connectivity index (χ0) is 15.5. The maximum absolute atomic E-state index is 11.9. The Balaban J connectivity index is 1.87. The molecule has 1 aromatic heterocycles. The van der Waals surface area contributed by atoms with E-state index in [2.05, 4.69) is 10.3 Å². The number of nitrogens with zero attached hydrogens (tertiary/aromatic N) is 2. The maximum atomic E-state index is 11.9. The van der Waals surface area contributed by atoms with Crippen LogP contribution in [-0.2, 0) is 10.0 Å². The standard InChI is InChI=1S/C13H21N3O4S/c1-10-12(15-9-20-10)13(17)14-7-6-11-5-3-4-8-16(11)21(2,18)19/h9,11H,3-8H2,1-2H3,(H,14,17)/t11-/m1/s1. The van der Waals surface area contributed by atoms with Crippen molar-refractivity contribution in [2.24, 2.45) is 0 Å². The Hall–Kier alpha value is -1.41. The van der Waals surface area contributed by atoms with Crippen molar-refractivity contribution >= 4 is 15.9 Å². The molecular formula is C13H21N3O4S. The van der Waals surface area contributed by atoms with Crippen LogP contribution < -0.4 is 5.32 Å². The fourth-order valence-electron chi connectivity index (χ4n) is 2.66. The Morgan fingerprint density at radius 3 is 2.90 bits per heavy atom. The normalized spacial score (nSPS) is 20.4. The van der Waals surface area contributed by atoms with Gasteiger partial charge in [-0.3, -0.25) is 4.79 Å². The molecule has 7 nitrogen and oxygen atoms in total. The van der Waals surface area contributed by atoms with Gasteiger partial charge >= 0.3 is 0 Å². The summed E-state index contributed by atoms with van der Waals surface area (Å²) < 4.78 is 30.0. The minimum Gasteiger partial charge on any atom is -0.448 e. The number of nitrogens with one attached hydrogen (secondary N) is 1. The Morgan fingerprint density at radius 1 is 1.52 bits per heavy atom. The van der Waals surface area contributed by atoms with Gasteiger partial charge in [-0.1, -0.05) is 6.42 Å². The van der Waals surface area contributed by atoms with Gasteiger partial charge in [0.2, 0.25) is 10.0 Å². The Labute approximate surface area is 124 Å². The number of aryl methyl sites for hydroxylation is 1. The van der Waals surface area contributed by atoms with E-state index in [4.69, 9.17) is 4.42 Å². The van der Waals surface area contributed by atoms with Crippen molar-refractivity contribution in [2.45, 2.75) is 38.6 Å². The molecule has 2 rings (SSSR count). The number of sulfonamides is 1. The van der Waals surface area contributed by atoms with E-state index in [9.17, 15) is 13.2 Å². The number of aromatic nitrogens is 1. The average molecular weight is 315 g/mol. The highest BCUT2D eigenvalue weighted by molar-refractivity contribution is 7.88. The summed E-state index contributed by atoms with van der Waals surface area (Å²) in [4.78, 5) is 15.7. The van der Waals surface area contributed by atoms with E-state index < -0.39 is 10.0 Å². The van der Waals surface area contributed by atoms with Crippen molar-refractivity contribution in [3.05, 3.63) is 17.8 Å². The summed E-state index contributed by atoms with van der Waals surface area (Å²) >= 11 is 0. The molecule has 1 aliphatic rings. The largest absolute Gasteiger partial charge is 0.448 e. The van der Waals surface area contributed by atoms with Gasteiger partial charge in [0.15, 0.2) is 12.1 Å². The first-order valence-corrected chi connectivity index (χ1v) is 8.89. The van der Waals surface area contributed by atoms with E-state index in [0.717, 1.165) is 19.3 Å². The highest BCUT2D eigenvalue weighted by atomic mass is 32.2. The van der Waals surface area contributed by atoms with Crippen LogP contribution in [0.2, 0.25) is 0 Å². The summed E-state index contributed by atoms with van der Waals surface area (Å²) in [6.07, 6.45) is 5.84. The van der Waals surface area contributed by atoms with E-state index in [1.165, 1.54) is 12.6 Å². The summed E-state index contributed by atoms with van der Waals surface area (Å²) in [5, 5.41) is 2.76. The average Bonchev–Trinajstić information content (AvgIpc) is 2.84. The van der Waals surface area contributed by atoms with Gasteiger partial charge in [0.25, 0.3) is 5.91 Å². The molecule has 1 saturated heterocycles. The van der Waals surface area contributed by atoms with E-state index in [-0.39, 0.29) is 17.6 Å². The third-order valence-corrected chi connectivity index (χ3v) is 5.05. The van der Waals surface area contributed by atoms with Crippen LogP contribution in [0.3, 0.4) is 0 Å². The Morgan fingerprint density at radius 2 is 2.29 bits per heavy atom. The van der Waals surface area contributed by atoms with Gasteiger partial charge in [-0.25, -0.2) is 13.4 Å². The first-order valence-electron chi connectivity index (χ1n) is 7.04. The number of carbonyl (C=O) groups is 1. The van der Waals surface area contributed by atoms with Crippen molar-refractivity contribution in [3.8, 4) is 0 Å². The van der Waals surface area contributed by atoms with Gasteiger partial charge in [0.1, 0.15) is 5.76 Å². The van der Waals surface area contributed by atoms with Crippen LogP contribution in [0.4, 0.5) is 0 Å². The summed E-state index contributed by atoms with van der Waals surface area (Å²) in [6, 6.07) is -0.0348. The van der Waals surface area contributed by atoms with Crippen molar-refractivity contribution < 1.29 is 17.6 Å². The molecule has 1 aromatic rings. The summed E-state index contributed by atoms with van der Waals surface area (Å²) in [5.74, 6) is 0.186. The van der Waals surface area contributed by atoms with Crippen LogP contribution in [0.25, 0.3) is 0 Å². The molecule has 8 heteroatoms. The zero-order valence-electron chi connectivity index (χ0n) is 12.3. The molecule has 1 atom stereocenters. The fourth-order valence-corrected chi connectivity index (χ4v) is 3.87. The molecule has 1 amide bonds. The van der Waals surface area contributed by atoms with Gasteiger partial charge in [-0.2, -0.15) is 4.31 Å². The van der Waals surface area contributed by atoms with Crippen LogP contribution in [0, 0.1) is 6.92 Å². The Kier molecular flexibility index (Phi) is 5.00. The summed E-state index contributed by atoms with van der Waals surface area (Å²) in [5.41, 5.74) is 0.276. The van der Waals surface area contributed by atoms with Crippen LogP contribution in [0.15, 0.2) is 10.8 Å². The minimum absolute atomic E-state index is 0.0348. The van der Waals surface area contributed by atoms with E-state index in [1.807, 2.05) is 0 Å². The lowest BCUT2D eigenvalue weighted by Gasteiger charge is -2.33. The number of hydrogen-bond donors (Lipinski definition) is 1. The van der Waals surface area contributed by atoms with E-state index >= 15 is 0 Å². The number of carbonyl (C=O) groups excluding carboxylic acids is 1. The molecule has 118 valence electrons. The second-order valence-corrected chi connectivity index (χ2v) is 7.26. The molecule has 1 aliphatic heterocycles. The smallest absolute Gasteiger partial charge is 0.273 e. The van der Waals surface area contributed by atoms with Crippen LogP contribution in [0.1, 0.15) is 41.9 Å². The first kappa shape index (κ1) is 16.0.